The van der Waals surface area contributed by atoms with Crippen molar-refractivity contribution in [3.05, 3.63) is 35.4 Å². The molecule has 1 fully saturated rings. The zero-order valence-electron chi connectivity index (χ0n) is 12.7. The van der Waals surface area contributed by atoms with E-state index in [-0.39, 0.29) is 11.9 Å². The van der Waals surface area contributed by atoms with E-state index in [1.807, 2.05) is 11.0 Å². The van der Waals surface area contributed by atoms with Gasteiger partial charge in [0.2, 0.25) is 5.91 Å². The van der Waals surface area contributed by atoms with Crippen LogP contribution in [0.15, 0.2) is 24.3 Å². The molecule has 0 bridgehead atoms. The first-order valence-corrected chi connectivity index (χ1v) is 7.88. The van der Waals surface area contributed by atoms with Gasteiger partial charge in [-0.2, -0.15) is 0 Å². The summed E-state index contributed by atoms with van der Waals surface area (Å²) >= 11 is 0. The molecule has 2 aliphatic heterocycles. The van der Waals surface area contributed by atoms with Crippen LogP contribution in [0.1, 0.15) is 30.0 Å². The van der Waals surface area contributed by atoms with Crippen molar-refractivity contribution in [3.63, 3.8) is 0 Å². The highest BCUT2D eigenvalue weighted by atomic mass is 16.5. The Morgan fingerprint density at radius 3 is 3.14 bits per heavy atom. The Balaban J connectivity index is 1.74. The molecule has 1 amide bonds. The molecule has 0 saturated carbocycles. The highest BCUT2D eigenvalue weighted by Crippen LogP contribution is 2.26. The topological polar surface area (TPSA) is 41.6 Å². The number of piperidine rings is 1. The minimum absolute atomic E-state index is 0.170. The van der Waals surface area contributed by atoms with Crippen LogP contribution in [-0.2, 0) is 16.0 Å². The standard InChI is InChI=1S/C17H24N2O2/c1-21-12-13-5-4-10-19(11-13)17(20)16-15-7-3-2-6-14(15)8-9-18-16/h2-3,6-7,13,16,18H,4-5,8-12H2,1H3. The van der Waals surface area contributed by atoms with E-state index in [9.17, 15) is 4.79 Å². The average molecular weight is 288 g/mol. The third kappa shape index (κ3) is 3.11. The number of amides is 1. The second-order valence-corrected chi connectivity index (χ2v) is 6.08. The number of carbonyl (C=O) groups is 1. The van der Waals surface area contributed by atoms with Crippen molar-refractivity contribution in [3.8, 4) is 0 Å². The summed E-state index contributed by atoms with van der Waals surface area (Å²) in [5, 5.41) is 3.40. The summed E-state index contributed by atoms with van der Waals surface area (Å²) in [6, 6.07) is 8.13. The number of fused-ring (bicyclic) bond motifs is 1. The number of benzene rings is 1. The van der Waals surface area contributed by atoms with Gasteiger partial charge in [0.25, 0.3) is 0 Å². The number of likely N-dealkylation sites (tertiary alicyclic amines) is 1. The Bertz CT molecular complexity index is 501. The molecule has 21 heavy (non-hydrogen) atoms. The number of rotatable bonds is 3. The molecular weight excluding hydrogens is 264 g/mol. The number of carbonyl (C=O) groups excluding carboxylic acids is 1. The van der Waals surface area contributed by atoms with E-state index >= 15 is 0 Å². The van der Waals surface area contributed by atoms with Crippen LogP contribution < -0.4 is 5.32 Å². The van der Waals surface area contributed by atoms with Crippen LogP contribution in [0, 0.1) is 5.92 Å². The normalized spacial score (nSPS) is 25.5. The molecule has 4 nitrogen and oxygen atoms in total. The van der Waals surface area contributed by atoms with Gasteiger partial charge in [-0.3, -0.25) is 4.79 Å². The van der Waals surface area contributed by atoms with Gasteiger partial charge in [0.05, 0.1) is 6.61 Å². The number of ether oxygens (including phenoxy) is 1. The largest absolute Gasteiger partial charge is 0.384 e. The number of hydrogen-bond acceptors (Lipinski definition) is 3. The van der Waals surface area contributed by atoms with E-state index in [1.165, 1.54) is 5.56 Å². The highest BCUT2D eigenvalue weighted by molar-refractivity contribution is 5.84. The van der Waals surface area contributed by atoms with Crippen molar-refractivity contribution in [2.45, 2.75) is 25.3 Å². The van der Waals surface area contributed by atoms with Gasteiger partial charge in [0.1, 0.15) is 6.04 Å². The lowest BCUT2D eigenvalue weighted by molar-refractivity contribution is -0.136. The van der Waals surface area contributed by atoms with E-state index in [1.54, 1.807) is 7.11 Å². The fourth-order valence-electron chi connectivity index (χ4n) is 3.54. The third-order valence-electron chi connectivity index (χ3n) is 4.59. The zero-order chi connectivity index (χ0) is 14.7. The Kier molecular flexibility index (Phi) is 4.56. The summed E-state index contributed by atoms with van der Waals surface area (Å²) in [4.78, 5) is 14.9. The van der Waals surface area contributed by atoms with Gasteiger partial charge in [-0.1, -0.05) is 24.3 Å². The van der Waals surface area contributed by atoms with Crippen molar-refractivity contribution in [1.29, 1.82) is 0 Å². The lowest BCUT2D eigenvalue weighted by Gasteiger charge is -2.36. The van der Waals surface area contributed by atoms with Gasteiger partial charge in [0.15, 0.2) is 0 Å². The van der Waals surface area contributed by atoms with Crippen molar-refractivity contribution in [1.82, 2.24) is 10.2 Å². The van der Waals surface area contributed by atoms with Gasteiger partial charge in [-0.15, -0.1) is 0 Å². The zero-order valence-corrected chi connectivity index (χ0v) is 12.7. The second kappa shape index (κ2) is 6.58. The van der Waals surface area contributed by atoms with Crippen molar-refractivity contribution < 1.29 is 9.53 Å². The van der Waals surface area contributed by atoms with Gasteiger partial charge >= 0.3 is 0 Å². The number of nitrogens with zero attached hydrogens (tertiary/aromatic N) is 1. The van der Waals surface area contributed by atoms with Crippen LogP contribution in [-0.4, -0.2) is 44.2 Å². The number of hydrogen-bond donors (Lipinski definition) is 1. The fourth-order valence-corrected chi connectivity index (χ4v) is 3.54. The minimum atomic E-state index is -0.170. The van der Waals surface area contributed by atoms with Crippen molar-refractivity contribution in [2.24, 2.45) is 5.92 Å². The Hall–Kier alpha value is -1.39. The summed E-state index contributed by atoms with van der Waals surface area (Å²) in [6.45, 7) is 3.33. The molecule has 1 N–H and O–H groups in total. The molecule has 3 rings (SSSR count). The SMILES string of the molecule is COCC1CCCN(C(=O)C2NCCc3ccccc32)C1. The molecule has 0 radical (unpaired) electrons. The number of nitrogens with one attached hydrogen (secondary N) is 1. The van der Waals surface area contributed by atoms with Gasteiger partial charge in [0, 0.05) is 26.7 Å². The minimum Gasteiger partial charge on any atom is -0.384 e. The molecule has 1 aromatic carbocycles. The number of methoxy groups -OCH3 is 1. The molecule has 2 unspecified atom stereocenters. The summed E-state index contributed by atoms with van der Waals surface area (Å²) in [7, 11) is 1.74. The van der Waals surface area contributed by atoms with Crippen LogP contribution in [0.25, 0.3) is 0 Å². The summed E-state index contributed by atoms with van der Waals surface area (Å²) in [5.41, 5.74) is 2.46. The molecule has 2 heterocycles. The monoisotopic (exact) mass is 288 g/mol. The van der Waals surface area contributed by atoms with Crippen LogP contribution in [0.5, 0.6) is 0 Å². The molecule has 114 valence electrons. The smallest absolute Gasteiger partial charge is 0.244 e. The van der Waals surface area contributed by atoms with E-state index in [0.717, 1.165) is 51.1 Å². The molecule has 1 aromatic rings. The first kappa shape index (κ1) is 14.5. The molecular formula is C17H24N2O2. The maximum absolute atomic E-state index is 12.9. The average Bonchev–Trinajstić information content (AvgIpc) is 2.54. The lowest BCUT2D eigenvalue weighted by atomic mass is 9.92. The Morgan fingerprint density at radius 2 is 2.29 bits per heavy atom. The first-order valence-electron chi connectivity index (χ1n) is 7.88. The maximum atomic E-state index is 12.9. The lowest BCUT2D eigenvalue weighted by Crippen LogP contribution is -2.48. The summed E-state index contributed by atoms with van der Waals surface area (Å²) < 4.78 is 5.26. The maximum Gasteiger partial charge on any atom is 0.244 e. The van der Waals surface area contributed by atoms with Crippen LogP contribution in [0.2, 0.25) is 0 Å². The Labute approximate surface area is 126 Å². The van der Waals surface area contributed by atoms with Crippen molar-refractivity contribution >= 4 is 5.91 Å². The molecule has 0 spiro atoms. The van der Waals surface area contributed by atoms with Crippen LogP contribution in [0.4, 0.5) is 0 Å². The van der Waals surface area contributed by atoms with E-state index in [2.05, 4.69) is 23.5 Å². The summed E-state index contributed by atoms with van der Waals surface area (Å²) in [6.07, 6.45) is 3.24. The molecule has 2 atom stereocenters. The van der Waals surface area contributed by atoms with Gasteiger partial charge in [-0.05, 0) is 36.3 Å². The van der Waals surface area contributed by atoms with E-state index in [4.69, 9.17) is 4.74 Å². The first-order chi connectivity index (χ1) is 10.3. The predicted molar refractivity (Wildman–Crippen MR) is 82.1 cm³/mol. The summed E-state index contributed by atoms with van der Waals surface area (Å²) in [5.74, 6) is 0.703. The predicted octanol–water partition coefficient (Wildman–Crippen LogP) is 1.76. The molecule has 2 aliphatic rings. The quantitative estimate of drug-likeness (QED) is 0.921. The van der Waals surface area contributed by atoms with Gasteiger partial charge in [-0.25, -0.2) is 0 Å². The molecule has 0 aromatic heterocycles. The second-order valence-electron chi connectivity index (χ2n) is 6.08. The Morgan fingerprint density at radius 1 is 1.43 bits per heavy atom. The molecule has 4 heteroatoms. The van der Waals surface area contributed by atoms with Gasteiger partial charge < -0.3 is 15.0 Å². The molecule has 0 aliphatic carbocycles. The van der Waals surface area contributed by atoms with Crippen molar-refractivity contribution in [2.75, 3.05) is 33.4 Å². The van der Waals surface area contributed by atoms with Crippen LogP contribution in [0.3, 0.4) is 0 Å². The van der Waals surface area contributed by atoms with E-state index < -0.39 is 0 Å². The fraction of sp³-hybridized carbons (Fsp3) is 0.588. The molecule has 1 saturated heterocycles. The third-order valence-corrected chi connectivity index (χ3v) is 4.59. The highest BCUT2D eigenvalue weighted by Gasteiger charge is 2.32. The van der Waals surface area contributed by atoms with Crippen LogP contribution >= 0.6 is 0 Å². The van der Waals surface area contributed by atoms with E-state index in [0.29, 0.717) is 5.92 Å².